The number of aromatic nitrogens is 3. The maximum absolute atomic E-state index is 12.9. The molecule has 0 saturated carbocycles. The molecule has 3 heterocycles. The topological polar surface area (TPSA) is 63.1 Å². The van der Waals surface area contributed by atoms with Crippen LogP contribution in [0.15, 0.2) is 42.6 Å². The molecule has 3 aromatic rings. The normalized spacial score (nSPS) is 13.9. The lowest BCUT2D eigenvalue weighted by atomic mass is 10.2. The zero-order chi connectivity index (χ0) is 17.4. The van der Waals surface area contributed by atoms with Crippen molar-refractivity contribution in [1.29, 1.82) is 0 Å². The Kier molecular flexibility index (Phi) is 3.97. The van der Waals surface area contributed by atoms with Crippen molar-refractivity contribution < 1.29 is 9.53 Å². The Morgan fingerprint density at radius 2 is 2.20 bits per heavy atom. The summed E-state index contributed by atoms with van der Waals surface area (Å²) < 4.78 is 7.68. The number of benzene rings is 1. The zero-order valence-electron chi connectivity index (χ0n) is 13.7. The number of aryl methyl sites for hydroxylation is 1. The Balaban J connectivity index is 1.59. The van der Waals surface area contributed by atoms with Crippen LogP contribution in [0.5, 0.6) is 5.75 Å². The quantitative estimate of drug-likeness (QED) is 0.767. The Bertz CT molecular complexity index is 931. The van der Waals surface area contributed by atoms with E-state index >= 15 is 0 Å². The lowest BCUT2D eigenvalue weighted by molar-refractivity contribution is 0.0727. The minimum atomic E-state index is -0.107. The summed E-state index contributed by atoms with van der Waals surface area (Å²) in [5.74, 6) is 0.665. The summed E-state index contributed by atoms with van der Waals surface area (Å²) in [5.41, 5.74) is 3.05. The van der Waals surface area contributed by atoms with Gasteiger partial charge >= 0.3 is 0 Å². The number of nitrogens with one attached hydrogen (secondary N) is 1. The molecule has 1 amide bonds. The average Bonchev–Trinajstić information content (AvgIpc) is 3.18. The molecule has 0 radical (unpaired) electrons. The first-order valence-electron chi connectivity index (χ1n) is 7.99. The molecule has 7 heteroatoms. The molecule has 6 nitrogen and oxygen atoms in total. The molecule has 1 aromatic carbocycles. The van der Waals surface area contributed by atoms with Gasteiger partial charge in [0.1, 0.15) is 23.7 Å². The van der Waals surface area contributed by atoms with E-state index in [1.165, 1.54) is 0 Å². The molecule has 0 atom stereocenters. The number of H-pyrrole nitrogens is 1. The molecular weight excluding hydrogens is 340 g/mol. The highest BCUT2D eigenvalue weighted by Crippen LogP contribution is 2.27. The van der Waals surface area contributed by atoms with E-state index in [4.69, 9.17) is 16.3 Å². The number of nitrogens with zero attached hydrogens (tertiary/aromatic N) is 3. The van der Waals surface area contributed by atoms with Gasteiger partial charge in [0.25, 0.3) is 5.91 Å². The molecule has 1 aliphatic rings. The molecular formula is C18H17ClN4O2. The summed E-state index contributed by atoms with van der Waals surface area (Å²) in [6, 6.07) is 11.2. The Hall–Kier alpha value is -2.73. The summed E-state index contributed by atoms with van der Waals surface area (Å²) in [7, 11) is 1.94. The largest absolute Gasteiger partial charge is 0.491 e. The highest BCUT2D eigenvalue weighted by atomic mass is 35.5. The summed E-state index contributed by atoms with van der Waals surface area (Å²) in [6.45, 7) is 1.40. The van der Waals surface area contributed by atoms with Crippen molar-refractivity contribution in [2.24, 2.45) is 7.05 Å². The molecule has 0 spiro atoms. The Morgan fingerprint density at radius 3 is 3.00 bits per heavy atom. The van der Waals surface area contributed by atoms with Crippen molar-refractivity contribution in [3.05, 3.63) is 58.9 Å². The molecule has 4 rings (SSSR count). The van der Waals surface area contributed by atoms with Gasteiger partial charge in [-0.15, -0.1) is 0 Å². The minimum absolute atomic E-state index is 0.107. The third-order valence-corrected chi connectivity index (χ3v) is 4.54. The van der Waals surface area contributed by atoms with E-state index < -0.39 is 0 Å². The van der Waals surface area contributed by atoms with E-state index in [1.54, 1.807) is 17.0 Å². The van der Waals surface area contributed by atoms with Gasteiger partial charge in [-0.3, -0.25) is 9.89 Å². The van der Waals surface area contributed by atoms with Crippen LogP contribution in [0.4, 0.5) is 0 Å². The molecule has 25 heavy (non-hydrogen) atoms. The second-order valence-electron chi connectivity index (χ2n) is 6.00. The summed E-state index contributed by atoms with van der Waals surface area (Å²) in [6.07, 6.45) is 1.94. The van der Waals surface area contributed by atoms with Gasteiger partial charge in [0.2, 0.25) is 0 Å². The maximum atomic E-state index is 12.9. The Morgan fingerprint density at radius 1 is 1.32 bits per heavy atom. The number of hydrogen-bond donors (Lipinski definition) is 1. The molecule has 128 valence electrons. The third-order valence-electron chi connectivity index (χ3n) is 4.30. The predicted molar refractivity (Wildman–Crippen MR) is 94.7 cm³/mol. The van der Waals surface area contributed by atoms with E-state index in [0.29, 0.717) is 30.4 Å². The highest BCUT2D eigenvalue weighted by Gasteiger charge is 2.23. The van der Waals surface area contributed by atoms with Crippen LogP contribution in [0.1, 0.15) is 16.1 Å². The predicted octanol–water partition coefficient (Wildman–Crippen LogP) is 3.10. The van der Waals surface area contributed by atoms with Crippen LogP contribution in [-0.4, -0.2) is 38.7 Å². The number of hydrogen-bond acceptors (Lipinski definition) is 3. The second kappa shape index (κ2) is 6.29. The van der Waals surface area contributed by atoms with Gasteiger partial charge in [-0.05, 0) is 36.4 Å². The van der Waals surface area contributed by atoms with Crippen LogP contribution in [0, 0.1) is 0 Å². The molecule has 1 aliphatic heterocycles. The monoisotopic (exact) mass is 356 g/mol. The molecule has 0 unspecified atom stereocenters. The average molecular weight is 357 g/mol. The van der Waals surface area contributed by atoms with Crippen molar-refractivity contribution in [3.63, 3.8) is 0 Å². The van der Waals surface area contributed by atoms with Crippen molar-refractivity contribution in [2.75, 3.05) is 13.2 Å². The number of fused-ring (bicyclic) bond motifs is 1. The fourth-order valence-corrected chi connectivity index (χ4v) is 3.19. The van der Waals surface area contributed by atoms with Crippen molar-refractivity contribution in [2.45, 2.75) is 6.54 Å². The van der Waals surface area contributed by atoms with E-state index in [1.807, 2.05) is 42.1 Å². The molecule has 0 aliphatic carbocycles. The van der Waals surface area contributed by atoms with Crippen LogP contribution in [0.2, 0.25) is 5.02 Å². The number of carbonyl (C=O) groups is 1. The minimum Gasteiger partial charge on any atom is -0.491 e. The SMILES string of the molecule is Cn1cccc1-c1cc(C(=O)N2CCOc3ccc(Cl)cc3C2)[nH]n1. The molecule has 0 saturated heterocycles. The lowest BCUT2D eigenvalue weighted by Crippen LogP contribution is -2.32. The van der Waals surface area contributed by atoms with Gasteiger partial charge < -0.3 is 14.2 Å². The standard InChI is InChI=1S/C18H17ClN4O2/c1-22-6-2-3-16(22)14-10-15(21-20-14)18(24)23-7-8-25-17-5-4-13(19)9-12(17)11-23/h2-6,9-10H,7-8,11H2,1H3,(H,20,21). The van der Waals surface area contributed by atoms with Crippen LogP contribution in [-0.2, 0) is 13.6 Å². The van der Waals surface area contributed by atoms with Crippen LogP contribution >= 0.6 is 11.6 Å². The van der Waals surface area contributed by atoms with Gasteiger partial charge in [0.05, 0.1) is 12.2 Å². The zero-order valence-corrected chi connectivity index (χ0v) is 14.5. The smallest absolute Gasteiger partial charge is 0.272 e. The fraction of sp³-hybridized carbons (Fsp3) is 0.222. The number of carbonyl (C=O) groups excluding carboxylic acids is 1. The number of ether oxygens (including phenoxy) is 1. The third kappa shape index (κ3) is 3.00. The first-order valence-corrected chi connectivity index (χ1v) is 8.37. The fourth-order valence-electron chi connectivity index (χ4n) is 3.00. The van der Waals surface area contributed by atoms with E-state index in [9.17, 15) is 4.79 Å². The van der Waals surface area contributed by atoms with Crippen molar-refractivity contribution >= 4 is 17.5 Å². The van der Waals surface area contributed by atoms with E-state index in [2.05, 4.69) is 10.2 Å². The van der Waals surface area contributed by atoms with E-state index in [-0.39, 0.29) is 5.91 Å². The lowest BCUT2D eigenvalue weighted by Gasteiger charge is -2.18. The Labute approximate surface area is 150 Å². The van der Waals surface area contributed by atoms with Gasteiger partial charge in [-0.25, -0.2) is 0 Å². The molecule has 2 aromatic heterocycles. The number of rotatable bonds is 2. The first kappa shape index (κ1) is 15.8. The van der Waals surface area contributed by atoms with Gasteiger partial charge in [-0.2, -0.15) is 5.10 Å². The van der Waals surface area contributed by atoms with Gasteiger partial charge in [-0.1, -0.05) is 11.6 Å². The van der Waals surface area contributed by atoms with Crippen LogP contribution in [0.25, 0.3) is 11.4 Å². The second-order valence-corrected chi connectivity index (χ2v) is 6.43. The maximum Gasteiger partial charge on any atom is 0.272 e. The summed E-state index contributed by atoms with van der Waals surface area (Å²) >= 11 is 6.07. The summed E-state index contributed by atoms with van der Waals surface area (Å²) in [5, 5.41) is 7.75. The number of aromatic amines is 1. The van der Waals surface area contributed by atoms with Crippen LogP contribution in [0.3, 0.4) is 0 Å². The molecule has 0 bridgehead atoms. The number of halogens is 1. The van der Waals surface area contributed by atoms with Gasteiger partial charge in [0.15, 0.2) is 0 Å². The molecule has 0 fully saturated rings. The van der Waals surface area contributed by atoms with Gasteiger partial charge in [0, 0.05) is 30.4 Å². The summed E-state index contributed by atoms with van der Waals surface area (Å²) in [4.78, 5) is 14.6. The number of amides is 1. The molecule has 1 N–H and O–H groups in total. The first-order chi connectivity index (χ1) is 12.1. The highest BCUT2D eigenvalue weighted by molar-refractivity contribution is 6.30. The van der Waals surface area contributed by atoms with Crippen molar-refractivity contribution in [3.8, 4) is 17.1 Å². The van der Waals surface area contributed by atoms with Crippen molar-refractivity contribution in [1.82, 2.24) is 19.7 Å². The van der Waals surface area contributed by atoms with E-state index in [0.717, 1.165) is 22.7 Å². The van der Waals surface area contributed by atoms with Crippen LogP contribution < -0.4 is 4.74 Å².